The molecule has 0 bridgehead atoms. The van der Waals surface area contributed by atoms with Crippen LogP contribution >= 0.6 is 0 Å². The Kier molecular flexibility index (Phi) is 4.32. The quantitative estimate of drug-likeness (QED) is 0.834. The predicted octanol–water partition coefficient (Wildman–Crippen LogP) is 1.49. The fourth-order valence-corrected chi connectivity index (χ4v) is 2.58. The SMILES string of the molecule is CN(Cc1ccc(F)cc1CN)CC1CC(O)C1. The molecule has 1 aliphatic carbocycles. The highest BCUT2D eigenvalue weighted by Gasteiger charge is 2.27. The molecule has 1 aromatic rings. The number of nitrogens with zero attached hydrogens (tertiary/aromatic N) is 1. The number of nitrogens with two attached hydrogens (primary N) is 1. The van der Waals surface area contributed by atoms with Crippen LogP contribution < -0.4 is 5.73 Å². The topological polar surface area (TPSA) is 49.5 Å². The van der Waals surface area contributed by atoms with Crippen LogP contribution in [-0.2, 0) is 13.1 Å². The van der Waals surface area contributed by atoms with Gasteiger partial charge in [0.15, 0.2) is 0 Å². The van der Waals surface area contributed by atoms with Gasteiger partial charge in [0.05, 0.1) is 6.10 Å². The first-order chi connectivity index (χ1) is 8.58. The van der Waals surface area contributed by atoms with Crippen molar-refractivity contribution >= 4 is 0 Å². The van der Waals surface area contributed by atoms with Crippen LogP contribution in [0.2, 0.25) is 0 Å². The third-order valence-electron chi connectivity index (χ3n) is 3.61. The molecule has 2 rings (SSSR count). The average molecular weight is 252 g/mol. The van der Waals surface area contributed by atoms with E-state index in [4.69, 9.17) is 5.73 Å². The molecular weight excluding hydrogens is 231 g/mol. The molecule has 4 heteroatoms. The van der Waals surface area contributed by atoms with E-state index < -0.39 is 0 Å². The number of aliphatic hydroxyl groups is 1. The van der Waals surface area contributed by atoms with Crippen molar-refractivity contribution < 1.29 is 9.50 Å². The summed E-state index contributed by atoms with van der Waals surface area (Å²) in [6.45, 7) is 2.11. The van der Waals surface area contributed by atoms with E-state index in [1.807, 2.05) is 13.1 Å². The molecule has 0 unspecified atom stereocenters. The average Bonchev–Trinajstić information content (AvgIpc) is 2.29. The lowest BCUT2D eigenvalue weighted by Gasteiger charge is -2.34. The number of benzene rings is 1. The predicted molar refractivity (Wildman–Crippen MR) is 69.4 cm³/mol. The van der Waals surface area contributed by atoms with Crippen LogP contribution in [0.5, 0.6) is 0 Å². The minimum atomic E-state index is -0.232. The van der Waals surface area contributed by atoms with E-state index in [1.54, 1.807) is 0 Å². The zero-order valence-electron chi connectivity index (χ0n) is 10.8. The largest absolute Gasteiger partial charge is 0.393 e. The lowest BCUT2D eigenvalue weighted by Crippen LogP contribution is -2.36. The van der Waals surface area contributed by atoms with Crippen molar-refractivity contribution in [2.24, 2.45) is 11.7 Å². The van der Waals surface area contributed by atoms with Crippen molar-refractivity contribution in [1.82, 2.24) is 4.90 Å². The normalized spacial score (nSPS) is 23.2. The van der Waals surface area contributed by atoms with E-state index in [1.165, 1.54) is 12.1 Å². The lowest BCUT2D eigenvalue weighted by molar-refractivity contribution is 0.0273. The Bertz CT molecular complexity index is 405. The second kappa shape index (κ2) is 5.78. The Labute approximate surface area is 107 Å². The van der Waals surface area contributed by atoms with Crippen LogP contribution in [0.1, 0.15) is 24.0 Å². The Morgan fingerprint density at radius 3 is 2.72 bits per heavy atom. The van der Waals surface area contributed by atoms with Crippen LogP contribution in [-0.4, -0.2) is 29.7 Å². The van der Waals surface area contributed by atoms with Crippen molar-refractivity contribution in [2.45, 2.75) is 32.0 Å². The highest BCUT2D eigenvalue weighted by molar-refractivity contribution is 5.27. The van der Waals surface area contributed by atoms with Gasteiger partial charge in [0, 0.05) is 19.6 Å². The summed E-state index contributed by atoms with van der Waals surface area (Å²) in [5.74, 6) is 0.357. The molecular formula is C14H21FN2O. The molecule has 0 atom stereocenters. The zero-order valence-corrected chi connectivity index (χ0v) is 10.8. The summed E-state index contributed by atoms with van der Waals surface area (Å²) in [4.78, 5) is 2.21. The molecule has 1 fully saturated rings. The Morgan fingerprint density at radius 1 is 1.39 bits per heavy atom. The van der Waals surface area contributed by atoms with Crippen LogP contribution in [0.4, 0.5) is 4.39 Å². The second-order valence-electron chi connectivity index (χ2n) is 5.31. The van der Waals surface area contributed by atoms with E-state index in [-0.39, 0.29) is 11.9 Å². The first kappa shape index (κ1) is 13.5. The molecule has 3 nitrogen and oxygen atoms in total. The van der Waals surface area contributed by atoms with Gasteiger partial charge >= 0.3 is 0 Å². The van der Waals surface area contributed by atoms with Gasteiger partial charge < -0.3 is 15.7 Å². The van der Waals surface area contributed by atoms with Gasteiger partial charge in [-0.1, -0.05) is 6.07 Å². The van der Waals surface area contributed by atoms with E-state index in [0.717, 1.165) is 37.1 Å². The molecule has 0 heterocycles. The van der Waals surface area contributed by atoms with Crippen molar-refractivity contribution in [2.75, 3.05) is 13.6 Å². The van der Waals surface area contributed by atoms with E-state index >= 15 is 0 Å². The van der Waals surface area contributed by atoms with Gasteiger partial charge in [-0.2, -0.15) is 0 Å². The maximum absolute atomic E-state index is 13.1. The molecule has 3 N–H and O–H groups in total. The summed E-state index contributed by atoms with van der Waals surface area (Å²) >= 11 is 0. The highest BCUT2D eigenvalue weighted by atomic mass is 19.1. The summed E-state index contributed by atoms with van der Waals surface area (Å²) < 4.78 is 13.1. The second-order valence-corrected chi connectivity index (χ2v) is 5.31. The third kappa shape index (κ3) is 3.28. The molecule has 0 radical (unpaired) electrons. The number of rotatable bonds is 5. The molecule has 1 aliphatic rings. The van der Waals surface area contributed by atoms with Gasteiger partial charge in [-0.05, 0) is 49.1 Å². The van der Waals surface area contributed by atoms with Gasteiger partial charge in [-0.25, -0.2) is 4.39 Å². The first-order valence-corrected chi connectivity index (χ1v) is 6.42. The Morgan fingerprint density at radius 2 is 2.11 bits per heavy atom. The standard InChI is InChI=1S/C14H21FN2O/c1-17(8-10-4-14(18)5-10)9-11-2-3-13(15)6-12(11)7-16/h2-3,6,10,14,18H,4-5,7-9,16H2,1H3. The zero-order chi connectivity index (χ0) is 13.1. The van der Waals surface area contributed by atoms with Gasteiger partial charge in [0.25, 0.3) is 0 Å². The summed E-state index contributed by atoms with van der Waals surface area (Å²) in [5.41, 5.74) is 7.59. The maximum Gasteiger partial charge on any atom is 0.123 e. The minimum absolute atomic E-state index is 0.103. The van der Waals surface area contributed by atoms with Crippen molar-refractivity contribution in [3.05, 3.63) is 35.1 Å². The maximum atomic E-state index is 13.1. The number of hydrogen-bond donors (Lipinski definition) is 2. The molecule has 0 aromatic heterocycles. The van der Waals surface area contributed by atoms with E-state index in [9.17, 15) is 9.50 Å². The summed E-state index contributed by atoms with van der Waals surface area (Å²) in [6, 6.07) is 4.80. The van der Waals surface area contributed by atoms with Crippen molar-refractivity contribution in [3.8, 4) is 0 Å². The summed E-state index contributed by atoms with van der Waals surface area (Å²) in [6.07, 6.45) is 1.70. The molecule has 18 heavy (non-hydrogen) atoms. The number of aliphatic hydroxyl groups excluding tert-OH is 1. The summed E-state index contributed by atoms with van der Waals surface area (Å²) in [7, 11) is 2.05. The Balaban J connectivity index is 1.91. The molecule has 100 valence electrons. The van der Waals surface area contributed by atoms with Crippen LogP contribution in [0.15, 0.2) is 18.2 Å². The van der Waals surface area contributed by atoms with Gasteiger partial charge in [0.2, 0.25) is 0 Å². The number of halogens is 1. The van der Waals surface area contributed by atoms with Crippen molar-refractivity contribution in [1.29, 1.82) is 0 Å². The first-order valence-electron chi connectivity index (χ1n) is 6.42. The molecule has 1 aromatic carbocycles. The minimum Gasteiger partial charge on any atom is -0.393 e. The van der Waals surface area contributed by atoms with Crippen LogP contribution in [0.25, 0.3) is 0 Å². The lowest BCUT2D eigenvalue weighted by atomic mass is 9.82. The van der Waals surface area contributed by atoms with Crippen LogP contribution in [0, 0.1) is 11.7 Å². The molecule has 0 aliphatic heterocycles. The molecule has 1 saturated carbocycles. The summed E-state index contributed by atoms with van der Waals surface area (Å²) in [5, 5.41) is 9.26. The Hall–Kier alpha value is -0.970. The van der Waals surface area contributed by atoms with Crippen molar-refractivity contribution in [3.63, 3.8) is 0 Å². The highest BCUT2D eigenvalue weighted by Crippen LogP contribution is 2.28. The molecule has 0 spiro atoms. The van der Waals surface area contributed by atoms with Gasteiger partial charge in [-0.3, -0.25) is 0 Å². The number of hydrogen-bond acceptors (Lipinski definition) is 3. The third-order valence-corrected chi connectivity index (χ3v) is 3.61. The van der Waals surface area contributed by atoms with E-state index in [2.05, 4.69) is 4.90 Å². The molecule has 0 saturated heterocycles. The monoisotopic (exact) mass is 252 g/mol. The van der Waals surface area contributed by atoms with Crippen LogP contribution in [0.3, 0.4) is 0 Å². The van der Waals surface area contributed by atoms with Gasteiger partial charge in [-0.15, -0.1) is 0 Å². The smallest absolute Gasteiger partial charge is 0.123 e. The fourth-order valence-electron chi connectivity index (χ4n) is 2.58. The molecule has 0 amide bonds. The fraction of sp³-hybridized carbons (Fsp3) is 0.571. The van der Waals surface area contributed by atoms with E-state index in [0.29, 0.717) is 12.5 Å². The van der Waals surface area contributed by atoms with Gasteiger partial charge in [0.1, 0.15) is 5.82 Å².